The largest absolute Gasteiger partial charge is 0.485 e. The van der Waals surface area contributed by atoms with Crippen molar-refractivity contribution in [2.24, 2.45) is 0 Å². The van der Waals surface area contributed by atoms with Gasteiger partial charge >= 0.3 is 5.97 Å². The molecular weight excluding hydrogens is 408 g/mol. The van der Waals surface area contributed by atoms with Crippen molar-refractivity contribution in [2.45, 2.75) is 0 Å². The number of fused-ring (bicyclic) bond motifs is 1. The fourth-order valence-electron chi connectivity index (χ4n) is 3.13. The monoisotopic (exact) mass is 422 g/mol. The fourth-order valence-corrected chi connectivity index (χ4v) is 5.16. The van der Waals surface area contributed by atoms with Crippen LogP contribution < -0.4 is 9.47 Å². The molecule has 5 rings (SSSR count). The molecule has 4 aromatic heterocycles. The topological polar surface area (TPSA) is 81.5 Å². The number of aromatic nitrogens is 2. The number of hydrogen-bond acceptors (Lipinski definition) is 7. The lowest BCUT2D eigenvalue weighted by Crippen LogP contribution is -2.14. The van der Waals surface area contributed by atoms with E-state index in [-0.39, 0.29) is 5.56 Å². The molecule has 0 aromatic carbocycles. The van der Waals surface area contributed by atoms with Gasteiger partial charge in [0, 0.05) is 17.3 Å². The Morgan fingerprint density at radius 3 is 2.41 bits per heavy atom. The lowest BCUT2D eigenvalue weighted by molar-refractivity contribution is 0.0697. The lowest BCUT2D eigenvalue weighted by atomic mass is 10.1. The molecule has 6 nitrogen and oxygen atoms in total. The number of carboxylic acid groups (broad SMARTS) is 1. The van der Waals surface area contributed by atoms with Gasteiger partial charge in [-0.3, -0.25) is 9.97 Å². The van der Waals surface area contributed by atoms with Gasteiger partial charge in [-0.05, 0) is 41.3 Å². The predicted octanol–water partition coefficient (Wildman–Crippen LogP) is 5.07. The number of carboxylic acids is 1. The molecule has 0 amide bonds. The van der Waals surface area contributed by atoms with E-state index in [0.29, 0.717) is 24.6 Å². The van der Waals surface area contributed by atoms with Crippen LogP contribution in [0.5, 0.6) is 11.5 Å². The van der Waals surface area contributed by atoms with E-state index in [1.165, 1.54) is 18.3 Å². The summed E-state index contributed by atoms with van der Waals surface area (Å²) in [6.07, 6.45) is 3.17. The van der Waals surface area contributed by atoms with Gasteiger partial charge in [-0.25, -0.2) is 4.79 Å². The molecule has 1 N–H and O–H groups in total. The maximum Gasteiger partial charge on any atom is 0.335 e. The van der Waals surface area contributed by atoms with Crippen LogP contribution in [0.25, 0.3) is 31.6 Å². The zero-order chi connectivity index (χ0) is 19.8. The van der Waals surface area contributed by atoms with Crippen LogP contribution in [0.4, 0.5) is 0 Å². The molecule has 0 aliphatic carbocycles. The zero-order valence-electron chi connectivity index (χ0n) is 15.0. The van der Waals surface area contributed by atoms with E-state index in [1.54, 1.807) is 28.9 Å². The molecular formula is C21H14N2O4S2. The third-order valence-electron chi connectivity index (χ3n) is 4.44. The molecule has 0 fully saturated rings. The second-order valence-corrected chi connectivity index (χ2v) is 8.23. The number of pyridine rings is 2. The quantitative estimate of drug-likeness (QED) is 0.494. The second kappa shape index (κ2) is 7.31. The average Bonchev–Trinajstić information content (AvgIpc) is 3.42. The van der Waals surface area contributed by atoms with E-state index in [4.69, 9.17) is 9.47 Å². The van der Waals surface area contributed by atoms with Gasteiger partial charge in [0.15, 0.2) is 11.5 Å². The highest BCUT2D eigenvalue weighted by molar-refractivity contribution is 7.24. The Kier molecular flexibility index (Phi) is 4.49. The third-order valence-corrected chi connectivity index (χ3v) is 6.69. The Hall–Kier alpha value is -3.23. The Balaban J connectivity index is 1.62. The minimum atomic E-state index is -0.997. The summed E-state index contributed by atoms with van der Waals surface area (Å²) in [5, 5.41) is 11.3. The van der Waals surface area contributed by atoms with Crippen molar-refractivity contribution in [1.82, 2.24) is 9.97 Å². The predicted molar refractivity (Wildman–Crippen MR) is 112 cm³/mol. The third kappa shape index (κ3) is 3.26. The standard InChI is InChI=1S/C21H14N2O4S2/c24-21(25)13-4-6-23-15(11-13)14-10-12(3-5-22-14)19-17-18(27-8-7-26-17)20(29-19)16-2-1-9-28-16/h1-6,9-11H,7-8H2,(H,24,25). The van der Waals surface area contributed by atoms with Crippen LogP contribution in [-0.4, -0.2) is 34.3 Å². The molecule has 0 saturated carbocycles. The average molecular weight is 422 g/mol. The van der Waals surface area contributed by atoms with Crippen LogP contribution in [-0.2, 0) is 0 Å². The maximum atomic E-state index is 11.3. The lowest BCUT2D eigenvalue weighted by Gasteiger charge is -2.17. The van der Waals surface area contributed by atoms with Crippen LogP contribution in [0.2, 0.25) is 0 Å². The Morgan fingerprint density at radius 1 is 0.966 bits per heavy atom. The highest BCUT2D eigenvalue weighted by Gasteiger charge is 2.27. The van der Waals surface area contributed by atoms with Crippen molar-refractivity contribution in [3.8, 4) is 43.1 Å². The molecule has 0 radical (unpaired) electrons. The van der Waals surface area contributed by atoms with Crippen molar-refractivity contribution in [1.29, 1.82) is 0 Å². The Bertz CT molecular complexity index is 1200. The summed E-state index contributed by atoms with van der Waals surface area (Å²) in [7, 11) is 0. The van der Waals surface area contributed by atoms with Crippen molar-refractivity contribution in [3.63, 3.8) is 0 Å². The number of nitrogens with zero attached hydrogens (tertiary/aromatic N) is 2. The molecule has 1 aliphatic heterocycles. The summed E-state index contributed by atoms with van der Waals surface area (Å²) >= 11 is 3.27. The molecule has 0 atom stereocenters. The van der Waals surface area contributed by atoms with Gasteiger partial charge in [-0.1, -0.05) is 6.07 Å². The van der Waals surface area contributed by atoms with Gasteiger partial charge in [0.05, 0.1) is 26.7 Å². The van der Waals surface area contributed by atoms with Gasteiger partial charge in [0.25, 0.3) is 0 Å². The van der Waals surface area contributed by atoms with E-state index >= 15 is 0 Å². The first-order valence-corrected chi connectivity index (χ1v) is 10.5. The van der Waals surface area contributed by atoms with Crippen molar-refractivity contribution in [2.75, 3.05) is 13.2 Å². The van der Waals surface area contributed by atoms with Crippen molar-refractivity contribution < 1.29 is 19.4 Å². The first-order valence-electron chi connectivity index (χ1n) is 8.83. The van der Waals surface area contributed by atoms with Gasteiger partial charge < -0.3 is 14.6 Å². The first kappa shape index (κ1) is 17.8. The van der Waals surface area contributed by atoms with Gasteiger partial charge in [-0.15, -0.1) is 22.7 Å². The van der Waals surface area contributed by atoms with Crippen molar-refractivity contribution >= 4 is 28.6 Å². The molecule has 29 heavy (non-hydrogen) atoms. The molecule has 0 spiro atoms. The molecule has 0 saturated heterocycles. The van der Waals surface area contributed by atoms with E-state index in [1.807, 2.05) is 23.6 Å². The van der Waals surface area contributed by atoms with Crippen molar-refractivity contribution in [3.05, 3.63) is 59.7 Å². The fraction of sp³-hybridized carbons (Fsp3) is 0.0952. The summed E-state index contributed by atoms with van der Waals surface area (Å²) in [4.78, 5) is 23.1. The van der Waals surface area contributed by atoms with Crippen LogP contribution in [0.3, 0.4) is 0 Å². The highest BCUT2D eigenvalue weighted by atomic mass is 32.1. The molecule has 8 heteroatoms. The molecule has 0 unspecified atom stereocenters. The van der Waals surface area contributed by atoms with Gasteiger partial charge in [-0.2, -0.15) is 0 Å². The summed E-state index contributed by atoms with van der Waals surface area (Å²) in [5.41, 5.74) is 2.20. The number of aromatic carboxylic acids is 1. The van der Waals surface area contributed by atoms with Crippen LogP contribution >= 0.6 is 22.7 Å². The minimum absolute atomic E-state index is 0.174. The Morgan fingerprint density at radius 2 is 1.69 bits per heavy atom. The highest BCUT2D eigenvalue weighted by Crippen LogP contribution is 2.54. The summed E-state index contributed by atoms with van der Waals surface area (Å²) in [6, 6.07) is 10.9. The number of carbonyl (C=O) groups is 1. The van der Waals surface area contributed by atoms with E-state index in [0.717, 1.165) is 31.7 Å². The normalized spacial score (nSPS) is 12.7. The second-order valence-electron chi connectivity index (χ2n) is 6.26. The molecule has 0 bridgehead atoms. The summed E-state index contributed by atoms with van der Waals surface area (Å²) in [6.45, 7) is 1.02. The molecule has 4 aromatic rings. The zero-order valence-corrected chi connectivity index (χ0v) is 16.6. The number of ether oxygens (including phenoxy) is 2. The Labute approximate surface area is 174 Å². The van der Waals surface area contributed by atoms with Crippen LogP contribution in [0, 0.1) is 0 Å². The molecule has 144 valence electrons. The first-order chi connectivity index (χ1) is 14.2. The molecule has 5 heterocycles. The minimum Gasteiger partial charge on any atom is -0.485 e. The summed E-state index contributed by atoms with van der Waals surface area (Å²) < 4.78 is 11.9. The number of rotatable bonds is 4. The summed E-state index contributed by atoms with van der Waals surface area (Å²) in [5.74, 6) is 0.528. The van der Waals surface area contributed by atoms with E-state index in [9.17, 15) is 9.90 Å². The molecule has 1 aliphatic rings. The van der Waals surface area contributed by atoms with Crippen LogP contribution in [0.1, 0.15) is 10.4 Å². The van der Waals surface area contributed by atoms with Gasteiger partial charge in [0.2, 0.25) is 0 Å². The maximum absolute atomic E-state index is 11.3. The number of hydrogen-bond donors (Lipinski definition) is 1. The van der Waals surface area contributed by atoms with E-state index in [2.05, 4.69) is 16.0 Å². The van der Waals surface area contributed by atoms with E-state index < -0.39 is 5.97 Å². The van der Waals surface area contributed by atoms with Crippen LogP contribution in [0.15, 0.2) is 54.2 Å². The SMILES string of the molecule is O=C(O)c1ccnc(-c2cc(-c3sc(-c4cccs4)c4c3OCCO4)ccn2)c1. The smallest absolute Gasteiger partial charge is 0.335 e. The number of thiophene rings is 2. The van der Waals surface area contributed by atoms with Gasteiger partial charge in [0.1, 0.15) is 13.2 Å².